The Kier molecular flexibility index (Phi) is 7.86. The Morgan fingerprint density at radius 2 is 1.76 bits per heavy atom. The summed E-state index contributed by atoms with van der Waals surface area (Å²) < 4.78 is 16.5. The molecule has 3 rings (SSSR count). The third-order valence-electron chi connectivity index (χ3n) is 4.84. The van der Waals surface area contributed by atoms with Gasteiger partial charge in [0.2, 0.25) is 0 Å². The molecular weight excluding hydrogens is 424 g/mol. The second kappa shape index (κ2) is 11.0. The molecular formula is C25H26N2O6. The third-order valence-corrected chi connectivity index (χ3v) is 4.84. The summed E-state index contributed by atoms with van der Waals surface area (Å²) in [5, 5.41) is 2.22. The zero-order valence-electron chi connectivity index (χ0n) is 18.6. The number of nitrogens with zero attached hydrogens (tertiary/aromatic N) is 1. The van der Waals surface area contributed by atoms with Crippen LogP contribution >= 0.6 is 0 Å². The lowest BCUT2D eigenvalue weighted by atomic mass is 10.1. The second-order valence-corrected chi connectivity index (χ2v) is 7.16. The maximum Gasteiger partial charge on any atom is 0.335 e. The first-order valence-electron chi connectivity index (χ1n) is 10.5. The van der Waals surface area contributed by atoms with Crippen LogP contribution in [0.3, 0.4) is 0 Å². The Labute approximate surface area is 192 Å². The van der Waals surface area contributed by atoms with E-state index in [9.17, 15) is 14.4 Å². The highest BCUT2D eigenvalue weighted by Crippen LogP contribution is 2.29. The molecule has 0 saturated carbocycles. The highest BCUT2D eigenvalue weighted by Gasteiger charge is 2.37. The van der Waals surface area contributed by atoms with Gasteiger partial charge in [0.15, 0.2) is 0 Å². The van der Waals surface area contributed by atoms with Gasteiger partial charge in [0.1, 0.15) is 29.4 Å². The maximum atomic E-state index is 13.2. The van der Waals surface area contributed by atoms with Crippen molar-refractivity contribution in [2.75, 3.05) is 25.2 Å². The summed E-state index contributed by atoms with van der Waals surface area (Å²) in [6.07, 6.45) is 4.90. The molecule has 172 valence electrons. The Bertz CT molecular complexity index is 1070. The largest absolute Gasteiger partial charge is 0.497 e. The number of rotatable bonds is 10. The van der Waals surface area contributed by atoms with E-state index in [4.69, 9.17) is 14.2 Å². The van der Waals surface area contributed by atoms with Crippen LogP contribution in [0.25, 0.3) is 6.08 Å². The molecule has 2 aromatic rings. The molecule has 0 unspecified atom stereocenters. The highest BCUT2D eigenvalue weighted by atomic mass is 16.5. The van der Waals surface area contributed by atoms with Crippen LogP contribution in [0.5, 0.6) is 17.2 Å². The van der Waals surface area contributed by atoms with Gasteiger partial charge in [-0.2, -0.15) is 0 Å². The first kappa shape index (κ1) is 23.6. The van der Waals surface area contributed by atoms with Gasteiger partial charge in [-0.15, -0.1) is 0 Å². The molecule has 1 fully saturated rings. The first-order chi connectivity index (χ1) is 16.0. The summed E-state index contributed by atoms with van der Waals surface area (Å²) in [5.74, 6) is 0.0550. The van der Waals surface area contributed by atoms with Gasteiger partial charge in [-0.25, -0.2) is 9.69 Å². The number of hydrogen-bond donors (Lipinski definition) is 1. The molecule has 0 spiro atoms. The predicted octanol–water partition coefficient (Wildman–Crippen LogP) is 4.11. The summed E-state index contributed by atoms with van der Waals surface area (Å²) in [6.45, 7) is 6.50. The molecule has 0 aliphatic carbocycles. The molecule has 1 heterocycles. The Morgan fingerprint density at radius 3 is 2.42 bits per heavy atom. The van der Waals surface area contributed by atoms with Gasteiger partial charge in [-0.1, -0.05) is 26.0 Å². The summed E-state index contributed by atoms with van der Waals surface area (Å²) in [6, 6.07) is 10.7. The number of barbiturate groups is 1. The average molecular weight is 450 g/mol. The number of benzene rings is 2. The van der Waals surface area contributed by atoms with E-state index in [1.54, 1.807) is 48.5 Å². The monoisotopic (exact) mass is 450 g/mol. The second-order valence-electron chi connectivity index (χ2n) is 7.16. The molecule has 8 nitrogen and oxygen atoms in total. The molecule has 1 aliphatic heterocycles. The normalized spacial score (nSPS) is 14.8. The van der Waals surface area contributed by atoms with Crippen molar-refractivity contribution in [2.24, 2.45) is 0 Å². The maximum absolute atomic E-state index is 13.2. The molecule has 4 amide bonds. The number of carbonyl (C=O) groups excluding carboxylic acids is 3. The summed E-state index contributed by atoms with van der Waals surface area (Å²) in [5.41, 5.74) is 0.591. The van der Waals surface area contributed by atoms with Crippen LogP contribution in [-0.4, -0.2) is 38.2 Å². The SMILES string of the molecule is C=CCOc1cc(OC)ccc1/C=C1/C(=O)NC(=O)N(c2ccc(OCCCC)cc2)C1=O. The van der Waals surface area contributed by atoms with Crippen molar-refractivity contribution in [2.45, 2.75) is 19.8 Å². The average Bonchev–Trinajstić information content (AvgIpc) is 2.81. The van der Waals surface area contributed by atoms with Crippen LogP contribution in [-0.2, 0) is 9.59 Å². The smallest absolute Gasteiger partial charge is 0.335 e. The summed E-state index contributed by atoms with van der Waals surface area (Å²) >= 11 is 0. The van der Waals surface area contributed by atoms with Gasteiger partial charge in [0, 0.05) is 11.6 Å². The summed E-state index contributed by atoms with van der Waals surface area (Å²) in [4.78, 5) is 39.0. The number of carbonyl (C=O) groups is 3. The van der Waals surface area contributed by atoms with Crippen molar-refractivity contribution in [3.63, 3.8) is 0 Å². The zero-order chi connectivity index (χ0) is 23.8. The lowest BCUT2D eigenvalue weighted by Gasteiger charge is -2.26. The van der Waals surface area contributed by atoms with Crippen LogP contribution in [0.1, 0.15) is 25.3 Å². The van der Waals surface area contributed by atoms with Crippen molar-refractivity contribution in [1.82, 2.24) is 5.32 Å². The van der Waals surface area contributed by atoms with Crippen molar-refractivity contribution in [1.29, 1.82) is 0 Å². The van der Waals surface area contributed by atoms with Gasteiger partial charge in [-0.05, 0) is 48.9 Å². The van der Waals surface area contributed by atoms with Gasteiger partial charge in [0.05, 0.1) is 19.4 Å². The number of hydrogen-bond acceptors (Lipinski definition) is 6. The van der Waals surface area contributed by atoms with E-state index in [0.29, 0.717) is 35.1 Å². The van der Waals surface area contributed by atoms with Crippen LogP contribution in [0.15, 0.2) is 60.7 Å². The molecule has 2 aromatic carbocycles. The molecule has 0 bridgehead atoms. The number of nitrogens with one attached hydrogen (secondary N) is 1. The molecule has 1 N–H and O–H groups in total. The molecule has 0 atom stereocenters. The third kappa shape index (κ3) is 5.60. The standard InChI is InChI=1S/C25H26N2O6/c1-4-6-14-32-19-11-8-18(9-12-19)27-24(29)21(23(28)26-25(27)30)15-17-7-10-20(31-3)16-22(17)33-13-5-2/h5,7-12,15-16H,2,4,6,13-14H2,1,3H3,(H,26,28,30)/b21-15-. The van der Waals surface area contributed by atoms with Crippen molar-refractivity contribution in [3.8, 4) is 17.2 Å². The first-order valence-corrected chi connectivity index (χ1v) is 10.5. The van der Waals surface area contributed by atoms with E-state index < -0.39 is 17.8 Å². The number of unbranched alkanes of at least 4 members (excludes halogenated alkanes) is 1. The predicted molar refractivity (Wildman–Crippen MR) is 125 cm³/mol. The van der Waals surface area contributed by atoms with Gasteiger partial charge < -0.3 is 14.2 Å². The van der Waals surface area contributed by atoms with E-state index >= 15 is 0 Å². The van der Waals surface area contributed by atoms with Crippen LogP contribution < -0.4 is 24.4 Å². The highest BCUT2D eigenvalue weighted by molar-refractivity contribution is 6.39. The van der Waals surface area contributed by atoms with Gasteiger partial charge in [-0.3, -0.25) is 14.9 Å². The van der Waals surface area contributed by atoms with Crippen LogP contribution in [0.2, 0.25) is 0 Å². The molecule has 1 saturated heterocycles. The lowest BCUT2D eigenvalue weighted by molar-refractivity contribution is -0.122. The number of anilines is 1. The molecule has 33 heavy (non-hydrogen) atoms. The fraction of sp³-hybridized carbons (Fsp3) is 0.240. The Morgan fingerprint density at radius 1 is 1.03 bits per heavy atom. The van der Waals surface area contributed by atoms with Crippen molar-refractivity contribution < 1.29 is 28.6 Å². The minimum atomic E-state index is -0.820. The number of imide groups is 2. The fourth-order valence-electron chi connectivity index (χ4n) is 3.11. The molecule has 0 aromatic heterocycles. The Hall–Kier alpha value is -4.07. The number of ether oxygens (including phenoxy) is 3. The fourth-order valence-corrected chi connectivity index (χ4v) is 3.11. The van der Waals surface area contributed by atoms with Crippen molar-refractivity contribution in [3.05, 3.63) is 66.3 Å². The zero-order valence-corrected chi connectivity index (χ0v) is 18.6. The quantitative estimate of drug-likeness (QED) is 0.253. The minimum absolute atomic E-state index is 0.202. The minimum Gasteiger partial charge on any atom is -0.497 e. The molecule has 1 aliphatic rings. The van der Waals surface area contributed by atoms with E-state index in [0.717, 1.165) is 17.7 Å². The number of amides is 4. The van der Waals surface area contributed by atoms with Gasteiger partial charge in [0.25, 0.3) is 11.8 Å². The Balaban J connectivity index is 1.91. The molecule has 0 radical (unpaired) electrons. The topological polar surface area (TPSA) is 94.2 Å². The van der Waals surface area contributed by atoms with Crippen LogP contribution in [0.4, 0.5) is 10.5 Å². The molecule has 8 heteroatoms. The van der Waals surface area contributed by atoms with E-state index in [1.807, 2.05) is 0 Å². The number of urea groups is 1. The van der Waals surface area contributed by atoms with E-state index in [1.165, 1.54) is 13.2 Å². The van der Waals surface area contributed by atoms with E-state index in [-0.39, 0.29) is 12.2 Å². The van der Waals surface area contributed by atoms with E-state index in [2.05, 4.69) is 18.8 Å². The summed E-state index contributed by atoms with van der Waals surface area (Å²) in [7, 11) is 1.52. The van der Waals surface area contributed by atoms with Crippen LogP contribution in [0, 0.1) is 0 Å². The number of methoxy groups -OCH3 is 1. The van der Waals surface area contributed by atoms with Gasteiger partial charge >= 0.3 is 6.03 Å². The van der Waals surface area contributed by atoms with Crippen molar-refractivity contribution >= 4 is 29.6 Å². The lowest BCUT2D eigenvalue weighted by Crippen LogP contribution is -2.54.